The second-order valence-corrected chi connectivity index (χ2v) is 8.73. The minimum absolute atomic E-state index is 0. The van der Waals surface area contributed by atoms with Gasteiger partial charge in [-0.2, -0.15) is 0 Å². The molecule has 2 fully saturated rings. The number of halogens is 1. The van der Waals surface area contributed by atoms with E-state index in [9.17, 15) is 4.79 Å². The maximum Gasteiger partial charge on any atom is 0.242 e. The molecule has 1 saturated heterocycles. The highest BCUT2D eigenvalue weighted by Gasteiger charge is 2.36. The highest BCUT2D eigenvalue weighted by Crippen LogP contribution is 2.28. The van der Waals surface area contributed by atoms with Gasteiger partial charge in [-0.15, -0.1) is 35.3 Å². The minimum Gasteiger partial charge on any atom is -0.356 e. The van der Waals surface area contributed by atoms with E-state index in [1.54, 1.807) is 11.3 Å². The Morgan fingerprint density at radius 1 is 1.38 bits per heavy atom. The molecule has 1 aliphatic carbocycles. The summed E-state index contributed by atoms with van der Waals surface area (Å²) in [6.07, 6.45) is 2.33. The summed E-state index contributed by atoms with van der Waals surface area (Å²) in [5.74, 6) is 1.04. The molecule has 0 radical (unpaired) electrons. The Morgan fingerprint density at radius 2 is 2.12 bits per heavy atom. The molecule has 2 aliphatic rings. The zero-order valence-electron chi connectivity index (χ0n) is 16.1. The fraction of sp³-hybridized carbons (Fsp3) is 0.722. The summed E-state index contributed by atoms with van der Waals surface area (Å²) in [5, 5.41) is 6.46. The number of aromatic nitrogens is 1. The van der Waals surface area contributed by atoms with Gasteiger partial charge in [0, 0.05) is 36.5 Å². The molecule has 1 aromatic rings. The van der Waals surface area contributed by atoms with E-state index < -0.39 is 0 Å². The summed E-state index contributed by atoms with van der Waals surface area (Å²) >= 11 is 1.66. The van der Waals surface area contributed by atoms with Gasteiger partial charge in [0.2, 0.25) is 5.91 Å². The minimum atomic E-state index is 0. The van der Waals surface area contributed by atoms with E-state index in [4.69, 9.17) is 9.98 Å². The number of hydrogen-bond donors (Lipinski definition) is 1. The zero-order valence-corrected chi connectivity index (χ0v) is 19.3. The van der Waals surface area contributed by atoms with Gasteiger partial charge in [-0.25, -0.2) is 9.98 Å². The SMILES string of the molecule is CCNC(=NCc1nc(C(C)(C)C)cs1)N1CCN(C2CC2)C(=O)C1.I. The van der Waals surface area contributed by atoms with Gasteiger partial charge in [0.05, 0.1) is 18.8 Å². The number of piperazine rings is 1. The molecule has 0 atom stereocenters. The summed E-state index contributed by atoms with van der Waals surface area (Å²) in [6.45, 7) is 12.0. The van der Waals surface area contributed by atoms with E-state index >= 15 is 0 Å². The monoisotopic (exact) mass is 491 g/mol. The molecule has 26 heavy (non-hydrogen) atoms. The van der Waals surface area contributed by atoms with Crippen LogP contribution in [0.3, 0.4) is 0 Å². The fourth-order valence-corrected chi connectivity index (χ4v) is 3.88. The highest BCUT2D eigenvalue weighted by atomic mass is 127. The molecule has 0 unspecified atom stereocenters. The Kier molecular flexibility index (Phi) is 7.29. The molecule has 1 N–H and O–H groups in total. The summed E-state index contributed by atoms with van der Waals surface area (Å²) in [6, 6.07) is 0.500. The topological polar surface area (TPSA) is 60.8 Å². The number of guanidine groups is 1. The lowest BCUT2D eigenvalue weighted by atomic mass is 9.93. The maximum atomic E-state index is 12.4. The lowest BCUT2D eigenvalue weighted by Crippen LogP contribution is -2.55. The largest absolute Gasteiger partial charge is 0.356 e. The zero-order chi connectivity index (χ0) is 18.0. The lowest BCUT2D eigenvalue weighted by Gasteiger charge is -2.36. The van der Waals surface area contributed by atoms with Crippen LogP contribution in [0.1, 0.15) is 51.2 Å². The molecule has 1 amide bonds. The molecule has 146 valence electrons. The summed E-state index contributed by atoms with van der Waals surface area (Å²) in [7, 11) is 0. The molecule has 2 heterocycles. The Balaban J connectivity index is 0.00000243. The van der Waals surface area contributed by atoms with E-state index in [1.165, 1.54) is 12.8 Å². The Bertz CT molecular complexity index is 650. The van der Waals surface area contributed by atoms with Crippen LogP contribution in [0.2, 0.25) is 0 Å². The number of nitrogens with zero attached hydrogens (tertiary/aromatic N) is 4. The van der Waals surface area contributed by atoms with E-state index in [0.29, 0.717) is 19.1 Å². The molecule has 6 nitrogen and oxygen atoms in total. The summed E-state index contributed by atoms with van der Waals surface area (Å²) in [4.78, 5) is 25.9. The third-order valence-corrected chi connectivity index (χ3v) is 5.40. The average Bonchev–Trinajstić information content (AvgIpc) is 3.27. The number of amides is 1. The number of thiazole rings is 1. The molecule has 1 saturated carbocycles. The van der Waals surface area contributed by atoms with E-state index in [-0.39, 0.29) is 35.3 Å². The average molecular weight is 491 g/mol. The van der Waals surface area contributed by atoms with Gasteiger partial charge < -0.3 is 15.1 Å². The first-order valence-corrected chi connectivity index (χ1v) is 10.0. The number of rotatable bonds is 4. The molecule has 3 rings (SSSR count). The van der Waals surface area contributed by atoms with Crippen molar-refractivity contribution < 1.29 is 4.79 Å². The van der Waals surface area contributed by atoms with Crippen molar-refractivity contribution >= 4 is 47.2 Å². The number of carbonyl (C=O) groups is 1. The molecule has 0 spiro atoms. The predicted octanol–water partition coefficient (Wildman–Crippen LogP) is 2.83. The number of carbonyl (C=O) groups excluding carboxylic acids is 1. The van der Waals surface area contributed by atoms with Gasteiger partial charge in [-0.05, 0) is 19.8 Å². The van der Waals surface area contributed by atoms with Crippen LogP contribution in [0, 0.1) is 0 Å². The quantitative estimate of drug-likeness (QED) is 0.400. The van der Waals surface area contributed by atoms with Gasteiger partial charge in [0.25, 0.3) is 0 Å². The number of hydrogen-bond acceptors (Lipinski definition) is 4. The van der Waals surface area contributed by atoms with Crippen molar-refractivity contribution in [1.29, 1.82) is 0 Å². The first kappa shape index (κ1) is 21.4. The van der Waals surface area contributed by atoms with Gasteiger partial charge in [-0.3, -0.25) is 4.79 Å². The first-order chi connectivity index (χ1) is 11.9. The van der Waals surface area contributed by atoms with Gasteiger partial charge in [-0.1, -0.05) is 20.8 Å². The second kappa shape index (κ2) is 8.86. The second-order valence-electron chi connectivity index (χ2n) is 7.79. The Hall–Kier alpha value is -0.900. The van der Waals surface area contributed by atoms with Crippen LogP contribution in [0.15, 0.2) is 10.4 Å². The van der Waals surface area contributed by atoms with Crippen molar-refractivity contribution in [2.75, 3.05) is 26.2 Å². The maximum absolute atomic E-state index is 12.4. The van der Waals surface area contributed by atoms with Crippen molar-refractivity contribution in [3.05, 3.63) is 16.1 Å². The third-order valence-electron chi connectivity index (χ3n) is 4.56. The van der Waals surface area contributed by atoms with Crippen LogP contribution in [-0.4, -0.2) is 58.9 Å². The number of aliphatic imine (C=N–C) groups is 1. The first-order valence-electron chi connectivity index (χ1n) is 9.16. The van der Waals surface area contributed by atoms with Crippen LogP contribution in [-0.2, 0) is 16.8 Å². The molecule has 0 bridgehead atoms. The molecular formula is C18H30IN5OS. The standard InChI is InChI=1S/C18H29N5OS.HI/c1-5-19-17(20-10-15-21-14(12-25-15)18(2,3)4)22-8-9-23(13-6-7-13)16(24)11-22;/h12-13H,5-11H2,1-4H3,(H,19,20);1H. The van der Waals surface area contributed by atoms with E-state index in [1.807, 2.05) is 4.90 Å². The van der Waals surface area contributed by atoms with Crippen LogP contribution in [0.25, 0.3) is 0 Å². The molecule has 1 aromatic heterocycles. The van der Waals surface area contributed by atoms with Gasteiger partial charge in [0.1, 0.15) is 5.01 Å². The molecular weight excluding hydrogens is 461 g/mol. The van der Waals surface area contributed by atoms with Crippen LogP contribution in [0.5, 0.6) is 0 Å². The van der Waals surface area contributed by atoms with Crippen LogP contribution >= 0.6 is 35.3 Å². The molecule has 0 aromatic carbocycles. The molecule has 8 heteroatoms. The van der Waals surface area contributed by atoms with Crippen LogP contribution in [0.4, 0.5) is 0 Å². The van der Waals surface area contributed by atoms with Gasteiger partial charge in [0.15, 0.2) is 5.96 Å². The highest BCUT2D eigenvalue weighted by molar-refractivity contribution is 14.0. The Morgan fingerprint density at radius 3 is 2.65 bits per heavy atom. The van der Waals surface area contributed by atoms with Crippen molar-refractivity contribution in [3.8, 4) is 0 Å². The third kappa shape index (κ3) is 5.31. The van der Waals surface area contributed by atoms with Crippen molar-refractivity contribution in [2.45, 2.75) is 58.5 Å². The fourth-order valence-electron chi connectivity index (χ4n) is 2.94. The van der Waals surface area contributed by atoms with Crippen molar-refractivity contribution in [2.24, 2.45) is 4.99 Å². The van der Waals surface area contributed by atoms with Crippen molar-refractivity contribution in [3.63, 3.8) is 0 Å². The smallest absolute Gasteiger partial charge is 0.242 e. The predicted molar refractivity (Wildman–Crippen MR) is 117 cm³/mol. The normalized spacial score (nSPS) is 18.8. The lowest BCUT2D eigenvalue weighted by molar-refractivity contribution is -0.135. The summed E-state index contributed by atoms with van der Waals surface area (Å²) in [5.41, 5.74) is 1.18. The van der Waals surface area contributed by atoms with Crippen LogP contribution < -0.4 is 5.32 Å². The Labute approximate surface area is 177 Å². The van der Waals surface area contributed by atoms with E-state index in [2.05, 4.69) is 43.3 Å². The van der Waals surface area contributed by atoms with E-state index in [0.717, 1.165) is 36.3 Å². The molecule has 1 aliphatic heterocycles. The number of nitrogens with one attached hydrogen (secondary N) is 1. The van der Waals surface area contributed by atoms with Gasteiger partial charge >= 0.3 is 0 Å². The summed E-state index contributed by atoms with van der Waals surface area (Å²) < 4.78 is 0. The van der Waals surface area contributed by atoms with Crippen molar-refractivity contribution in [1.82, 2.24) is 20.1 Å².